The molecule has 0 fully saturated rings. The summed E-state index contributed by atoms with van der Waals surface area (Å²) >= 11 is 10.7. The molecule has 0 aliphatic heterocycles. The van der Waals surface area contributed by atoms with Crippen LogP contribution in [0.4, 0.5) is 10.1 Å². The molecule has 2 N–H and O–H groups in total. The van der Waals surface area contributed by atoms with E-state index in [1.807, 2.05) is 0 Å². The normalized spacial score (nSPS) is 10.6. The fourth-order valence-electron chi connectivity index (χ4n) is 1.53. The molecule has 6 heteroatoms. The number of ether oxygens (including phenoxy) is 1. The molecule has 2 rings (SSSR count). The van der Waals surface area contributed by atoms with E-state index in [-0.39, 0.29) is 5.82 Å². The molecule has 0 aromatic heterocycles. The SMILES string of the molecule is Nc1ccc(F)cc1SCCOc1ccc(Cl)cc1Br. The number of halogens is 3. The monoisotopic (exact) mass is 375 g/mol. The maximum atomic E-state index is 13.1. The van der Waals surface area contributed by atoms with Crippen molar-refractivity contribution in [2.24, 2.45) is 0 Å². The van der Waals surface area contributed by atoms with Crippen molar-refractivity contribution in [1.82, 2.24) is 0 Å². The van der Waals surface area contributed by atoms with Crippen molar-refractivity contribution < 1.29 is 9.13 Å². The van der Waals surface area contributed by atoms with E-state index < -0.39 is 0 Å². The van der Waals surface area contributed by atoms with E-state index in [0.29, 0.717) is 23.1 Å². The standard InChI is InChI=1S/C14H12BrClFNOS/c15-11-7-9(16)1-4-13(11)19-5-6-20-14-8-10(17)2-3-12(14)18/h1-4,7-8H,5-6,18H2. The lowest BCUT2D eigenvalue weighted by Crippen LogP contribution is -2.01. The van der Waals surface area contributed by atoms with Crippen LogP contribution in [0.15, 0.2) is 45.8 Å². The van der Waals surface area contributed by atoms with Crippen LogP contribution in [0, 0.1) is 5.82 Å². The molecule has 0 saturated carbocycles. The molecule has 0 unspecified atom stereocenters. The lowest BCUT2D eigenvalue weighted by Gasteiger charge is -2.09. The van der Waals surface area contributed by atoms with E-state index in [9.17, 15) is 4.39 Å². The Morgan fingerprint density at radius 1 is 1.25 bits per heavy atom. The maximum absolute atomic E-state index is 13.1. The number of hydrogen-bond donors (Lipinski definition) is 1. The molecular formula is C14H12BrClFNOS. The van der Waals surface area contributed by atoms with E-state index in [1.165, 1.54) is 23.9 Å². The van der Waals surface area contributed by atoms with E-state index in [0.717, 1.165) is 15.1 Å². The number of benzene rings is 2. The third-order valence-electron chi connectivity index (χ3n) is 2.47. The van der Waals surface area contributed by atoms with Crippen molar-refractivity contribution >= 4 is 45.0 Å². The van der Waals surface area contributed by atoms with Crippen molar-refractivity contribution in [3.8, 4) is 5.75 Å². The highest BCUT2D eigenvalue weighted by Gasteiger charge is 2.04. The Bertz CT molecular complexity index is 612. The summed E-state index contributed by atoms with van der Waals surface area (Å²) in [5.74, 6) is 1.10. The Morgan fingerprint density at radius 3 is 2.80 bits per heavy atom. The van der Waals surface area contributed by atoms with Gasteiger partial charge in [-0.25, -0.2) is 4.39 Å². The smallest absolute Gasteiger partial charge is 0.133 e. The van der Waals surface area contributed by atoms with E-state index in [1.54, 1.807) is 24.3 Å². The first-order valence-electron chi connectivity index (χ1n) is 5.82. The van der Waals surface area contributed by atoms with Crippen molar-refractivity contribution in [3.63, 3.8) is 0 Å². The van der Waals surface area contributed by atoms with Gasteiger partial charge in [0.1, 0.15) is 11.6 Å². The number of anilines is 1. The molecule has 0 aliphatic carbocycles. The molecule has 0 amide bonds. The molecule has 0 saturated heterocycles. The first-order chi connectivity index (χ1) is 9.56. The third-order valence-corrected chi connectivity index (χ3v) is 4.36. The lowest BCUT2D eigenvalue weighted by molar-refractivity contribution is 0.342. The third kappa shape index (κ3) is 4.30. The molecule has 0 spiro atoms. The van der Waals surface area contributed by atoms with Gasteiger partial charge in [0.15, 0.2) is 0 Å². The zero-order chi connectivity index (χ0) is 14.5. The second-order valence-electron chi connectivity index (χ2n) is 3.95. The zero-order valence-electron chi connectivity index (χ0n) is 10.4. The molecule has 0 heterocycles. The predicted octanol–water partition coefficient (Wildman–Crippen LogP) is 4.99. The summed E-state index contributed by atoms with van der Waals surface area (Å²) in [6.07, 6.45) is 0. The zero-order valence-corrected chi connectivity index (χ0v) is 13.6. The summed E-state index contributed by atoms with van der Waals surface area (Å²) < 4.78 is 19.5. The van der Waals surface area contributed by atoms with Crippen LogP contribution in [0.2, 0.25) is 5.02 Å². The second kappa shape index (κ2) is 7.20. The van der Waals surface area contributed by atoms with Crippen LogP contribution in [0.25, 0.3) is 0 Å². The number of thioether (sulfide) groups is 1. The topological polar surface area (TPSA) is 35.2 Å². The van der Waals surface area contributed by atoms with Crippen LogP contribution in [0.5, 0.6) is 5.75 Å². The number of nitrogen functional groups attached to an aromatic ring is 1. The molecule has 106 valence electrons. The van der Waals surface area contributed by atoms with E-state index in [4.69, 9.17) is 22.1 Å². The number of rotatable bonds is 5. The van der Waals surface area contributed by atoms with Gasteiger partial charge in [-0.1, -0.05) is 11.6 Å². The first-order valence-corrected chi connectivity index (χ1v) is 7.97. The Hall–Kier alpha value is -0.910. The highest BCUT2D eigenvalue weighted by atomic mass is 79.9. The molecule has 2 aromatic rings. The Kier molecular flexibility index (Phi) is 5.57. The van der Waals surface area contributed by atoms with Gasteiger partial charge in [0, 0.05) is 21.4 Å². The molecule has 0 aliphatic rings. The maximum Gasteiger partial charge on any atom is 0.133 e. The van der Waals surface area contributed by atoms with Crippen molar-refractivity contribution in [3.05, 3.63) is 51.7 Å². The van der Waals surface area contributed by atoms with Crippen LogP contribution in [-0.2, 0) is 0 Å². The van der Waals surface area contributed by atoms with E-state index >= 15 is 0 Å². The number of nitrogens with two attached hydrogens (primary N) is 1. The quantitative estimate of drug-likeness (QED) is 0.453. The van der Waals surface area contributed by atoms with Gasteiger partial charge < -0.3 is 10.5 Å². The van der Waals surface area contributed by atoms with Gasteiger partial charge in [0.25, 0.3) is 0 Å². The fourth-order valence-corrected chi connectivity index (χ4v) is 3.14. The highest BCUT2D eigenvalue weighted by molar-refractivity contribution is 9.10. The van der Waals surface area contributed by atoms with Crippen LogP contribution < -0.4 is 10.5 Å². The summed E-state index contributed by atoms with van der Waals surface area (Å²) in [6, 6.07) is 9.68. The van der Waals surface area contributed by atoms with Crippen LogP contribution in [-0.4, -0.2) is 12.4 Å². The Morgan fingerprint density at radius 2 is 2.05 bits per heavy atom. The van der Waals surface area contributed by atoms with Gasteiger partial charge in [-0.2, -0.15) is 0 Å². The molecule has 2 nitrogen and oxygen atoms in total. The van der Waals surface area contributed by atoms with Gasteiger partial charge in [0.05, 0.1) is 11.1 Å². The minimum absolute atomic E-state index is 0.289. The fraction of sp³-hybridized carbons (Fsp3) is 0.143. The molecular weight excluding hydrogens is 365 g/mol. The molecule has 0 radical (unpaired) electrons. The molecule has 0 bridgehead atoms. The van der Waals surface area contributed by atoms with Crippen molar-refractivity contribution in [2.45, 2.75) is 4.90 Å². The highest BCUT2D eigenvalue weighted by Crippen LogP contribution is 2.29. The number of hydrogen-bond acceptors (Lipinski definition) is 3. The van der Waals surface area contributed by atoms with Gasteiger partial charge in [-0.3, -0.25) is 0 Å². The van der Waals surface area contributed by atoms with E-state index in [2.05, 4.69) is 15.9 Å². The average Bonchev–Trinajstić information content (AvgIpc) is 2.40. The second-order valence-corrected chi connectivity index (χ2v) is 6.38. The van der Waals surface area contributed by atoms with Gasteiger partial charge in [0.2, 0.25) is 0 Å². The minimum Gasteiger partial charge on any atom is -0.492 e. The van der Waals surface area contributed by atoms with Gasteiger partial charge in [-0.15, -0.1) is 11.8 Å². The average molecular weight is 377 g/mol. The largest absolute Gasteiger partial charge is 0.492 e. The summed E-state index contributed by atoms with van der Waals surface area (Å²) in [7, 11) is 0. The molecule has 0 atom stereocenters. The lowest BCUT2D eigenvalue weighted by atomic mass is 10.3. The Labute approximate surface area is 134 Å². The summed E-state index contributed by atoms with van der Waals surface area (Å²) in [4.78, 5) is 0.726. The molecule has 2 aromatic carbocycles. The minimum atomic E-state index is -0.289. The van der Waals surface area contributed by atoms with Crippen LogP contribution >= 0.6 is 39.3 Å². The van der Waals surface area contributed by atoms with Gasteiger partial charge in [-0.05, 0) is 52.3 Å². The van der Waals surface area contributed by atoms with Crippen LogP contribution in [0.3, 0.4) is 0 Å². The summed E-state index contributed by atoms with van der Waals surface area (Å²) in [5, 5.41) is 0.645. The van der Waals surface area contributed by atoms with Crippen LogP contribution in [0.1, 0.15) is 0 Å². The van der Waals surface area contributed by atoms with Crippen molar-refractivity contribution in [1.29, 1.82) is 0 Å². The Balaban J connectivity index is 1.86. The predicted molar refractivity (Wildman–Crippen MR) is 86.2 cm³/mol. The van der Waals surface area contributed by atoms with Crippen molar-refractivity contribution in [2.75, 3.05) is 18.1 Å². The molecule has 20 heavy (non-hydrogen) atoms. The van der Waals surface area contributed by atoms with Gasteiger partial charge >= 0.3 is 0 Å². The summed E-state index contributed by atoms with van der Waals surface area (Å²) in [6.45, 7) is 0.487. The summed E-state index contributed by atoms with van der Waals surface area (Å²) in [5.41, 5.74) is 6.35. The first kappa shape index (κ1) is 15.5.